The Morgan fingerprint density at radius 3 is 2.62 bits per heavy atom. The number of carbonyl (C=O) groups is 1. The summed E-state index contributed by atoms with van der Waals surface area (Å²) in [5.74, 6) is 0.467. The second-order valence-electron chi connectivity index (χ2n) is 5.98. The molecule has 0 unspecified atom stereocenters. The minimum Gasteiger partial charge on any atom is -0.365 e. The maximum absolute atomic E-state index is 12.0. The maximum atomic E-state index is 12.0. The first-order valence-electron chi connectivity index (χ1n) is 8.09. The molecule has 6 heteroatoms. The molecule has 24 heavy (non-hydrogen) atoms. The number of anilines is 1. The van der Waals surface area contributed by atoms with Crippen LogP contribution in [-0.2, 0) is 6.54 Å². The molecule has 0 fully saturated rings. The van der Waals surface area contributed by atoms with E-state index in [0.29, 0.717) is 24.6 Å². The number of nitrogens with one attached hydrogen (secondary N) is 2. The number of aryl methyl sites for hydroxylation is 1. The Morgan fingerprint density at radius 1 is 1.17 bits per heavy atom. The first-order chi connectivity index (χ1) is 11.6. The number of amides is 1. The molecule has 0 spiro atoms. The molecule has 0 aliphatic rings. The highest BCUT2D eigenvalue weighted by atomic mass is 16.1. The Kier molecular flexibility index (Phi) is 6.69. The lowest BCUT2D eigenvalue weighted by molar-refractivity contribution is 0.0947. The lowest BCUT2D eigenvalue weighted by Gasteiger charge is -2.10. The molecule has 2 rings (SSSR count). The first kappa shape index (κ1) is 17.9. The number of hydrogen-bond acceptors (Lipinski definition) is 5. The second-order valence-corrected chi connectivity index (χ2v) is 5.98. The average Bonchev–Trinajstić information content (AvgIpc) is 2.58. The van der Waals surface area contributed by atoms with Gasteiger partial charge in [0, 0.05) is 13.1 Å². The molecular formula is C18H25N5O. The van der Waals surface area contributed by atoms with Gasteiger partial charge in [0.15, 0.2) is 0 Å². The van der Waals surface area contributed by atoms with E-state index in [4.69, 9.17) is 0 Å². The second kappa shape index (κ2) is 8.98. The summed E-state index contributed by atoms with van der Waals surface area (Å²) >= 11 is 0. The minimum atomic E-state index is -0.188. The average molecular weight is 327 g/mol. The molecule has 0 saturated carbocycles. The highest BCUT2D eigenvalue weighted by Crippen LogP contribution is 2.09. The van der Waals surface area contributed by atoms with Gasteiger partial charge in [0.25, 0.3) is 5.91 Å². The van der Waals surface area contributed by atoms with E-state index < -0.39 is 0 Å². The predicted octanol–water partition coefficient (Wildman–Crippen LogP) is 2.08. The Morgan fingerprint density at radius 2 is 1.96 bits per heavy atom. The fraction of sp³-hybridized carbons (Fsp3) is 0.389. The summed E-state index contributed by atoms with van der Waals surface area (Å²) in [7, 11) is 4.02. The quantitative estimate of drug-likeness (QED) is 0.727. The van der Waals surface area contributed by atoms with Gasteiger partial charge in [-0.1, -0.05) is 24.3 Å². The van der Waals surface area contributed by atoms with Crippen LogP contribution in [0.3, 0.4) is 0 Å². The van der Waals surface area contributed by atoms with E-state index in [-0.39, 0.29) is 5.91 Å². The molecule has 0 saturated heterocycles. The fourth-order valence-corrected chi connectivity index (χ4v) is 2.22. The number of aromatic nitrogens is 2. The van der Waals surface area contributed by atoms with Crippen molar-refractivity contribution >= 4 is 11.7 Å². The Hall–Kier alpha value is -2.47. The van der Waals surface area contributed by atoms with Crippen molar-refractivity contribution in [2.24, 2.45) is 0 Å². The van der Waals surface area contributed by atoms with Crippen LogP contribution >= 0.6 is 0 Å². The molecule has 1 aromatic heterocycles. The third-order valence-electron chi connectivity index (χ3n) is 3.67. The SMILES string of the molecule is Cc1ccccc1CNc1cnc(C(=O)NCCCN(C)C)cn1. The number of nitrogens with zero attached hydrogens (tertiary/aromatic N) is 3. The molecule has 1 heterocycles. The van der Waals surface area contributed by atoms with Crippen LogP contribution in [0.4, 0.5) is 5.82 Å². The highest BCUT2D eigenvalue weighted by Gasteiger charge is 2.07. The van der Waals surface area contributed by atoms with E-state index in [9.17, 15) is 4.79 Å². The third-order valence-corrected chi connectivity index (χ3v) is 3.67. The Bertz CT molecular complexity index is 655. The highest BCUT2D eigenvalue weighted by molar-refractivity contribution is 5.91. The topological polar surface area (TPSA) is 70.2 Å². The molecule has 2 N–H and O–H groups in total. The smallest absolute Gasteiger partial charge is 0.271 e. The fourth-order valence-electron chi connectivity index (χ4n) is 2.22. The van der Waals surface area contributed by atoms with Crippen LogP contribution in [0.1, 0.15) is 28.0 Å². The predicted molar refractivity (Wildman–Crippen MR) is 96.0 cm³/mol. The van der Waals surface area contributed by atoms with E-state index in [1.807, 2.05) is 26.2 Å². The van der Waals surface area contributed by atoms with Crippen molar-refractivity contribution < 1.29 is 4.79 Å². The van der Waals surface area contributed by atoms with Crippen molar-refractivity contribution in [3.05, 3.63) is 53.5 Å². The zero-order valence-corrected chi connectivity index (χ0v) is 14.5. The van der Waals surface area contributed by atoms with Crippen molar-refractivity contribution in [3.8, 4) is 0 Å². The van der Waals surface area contributed by atoms with Crippen LogP contribution in [0, 0.1) is 6.92 Å². The molecule has 0 aliphatic carbocycles. The van der Waals surface area contributed by atoms with Gasteiger partial charge in [-0.3, -0.25) is 4.79 Å². The summed E-state index contributed by atoms with van der Waals surface area (Å²) < 4.78 is 0. The summed E-state index contributed by atoms with van der Waals surface area (Å²) in [5, 5.41) is 6.07. The molecule has 1 aromatic carbocycles. The van der Waals surface area contributed by atoms with Gasteiger partial charge >= 0.3 is 0 Å². The van der Waals surface area contributed by atoms with Crippen LogP contribution in [0.5, 0.6) is 0 Å². The molecular weight excluding hydrogens is 302 g/mol. The van der Waals surface area contributed by atoms with Crippen LogP contribution in [-0.4, -0.2) is 48.0 Å². The summed E-state index contributed by atoms with van der Waals surface area (Å²) in [4.78, 5) is 22.5. The first-order valence-corrected chi connectivity index (χ1v) is 8.09. The van der Waals surface area contributed by atoms with Gasteiger partial charge in [-0.15, -0.1) is 0 Å². The largest absolute Gasteiger partial charge is 0.365 e. The van der Waals surface area contributed by atoms with Gasteiger partial charge in [0.2, 0.25) is 0 Å². The van der Waals surface area contributed by atoms with Gasteiger partial charge in [-0.05, 0) is 45.1 Å². The third kappa shape index (κ3) is 5.62. The zero-order chi connectivity index (χ0) is 17.4. The lowest BCUT2D eigenvalue weighted by Crippen LogP contribution is -2.27. The summed E-state index contributed by atoms with van der Waals surface area (Å²) in [6.07, 6.45) is 4.00. The van der Waals surface area contributed by atoms with Gasteiger partial charge < -0.3 is 15.5 Å². The molecule has 6 nitrogen and oxygen atoms in total. The van der Waals surface area contributed by atoms with Crippen molar-refractivity contribution in [2.45, 2.75) is 19.9 Å². The molecule has 2 aromatic rings. The van der Waals surface area contributed by atoms with E-state index in [2.05, 4.69) is 44.6 Å². The summed E-state index contributed by atoms with van der Waals surface area (Å²) in [6, 6.07) is 8.18. The standard InChI is InChI=1S/C18H25N5O/c1-14-7-4-5-8-15(14)11-21-17-13-20-16(12-22-17)18(24)19-9-6-10-23(2)3/h4-5,7-8,12-13H,6,9-11H2,1-3H3,(H,19,24)(H,21,22). The van der Waals surface area contributed by atoms with E-state index >= 15 is 0 Å². The number of carbonyl (C=O) groups excluding carboxylic acids is 1. The Balaban J connectivity index is 1.82. The zero-order valence-electron chi connectivity index (χ0n) is 14.5. The number of benzene rings is 1. The van der Waals surface area contributed by atoms with Crippen LogP contribution in [0.2, 0.25) is 0 Å². The van der Waals surface area contributed by atoms with Gasteiger partial charge in [-0.2, -0.15) is 0 Å². The minimum absolute atomic E-state index is 0.188. The molecule has 128 valence electrons. The Labute approximate surface area is 143 Å². The van der Waals surface area contributed by atoms with Crippen LogP contribution in [0.25, 0.3) is 0 Å². The van der Waals surface area contributed by atoms with Gasteiger partial charge in [0.05, 0.1) is 12.4 Å². The molecule has 0 bridgehead atoms. The van der Waals surface area contributed by atoms with Gasteiger partial charge in [-0.25, -0.2) is 9.97 Å². The molecule has 0 radical (unpaired) electrons. The van der Waals surface area contributed by atoms with Crippen molar-refractivity contribution in [1.82, 2.24) is 20.2 Å². The van der Waals surface area contributed by atoms with Crippen molar-refractivity contribution in [2.75, 3.05) is 32.5 Å². The van der Waals surface area contributed by atoms with Crippen molar-refractivity contribution in [1.29, 1.82) is 0 Å². The van der Waals surface area contributed by atoms with Crippen LogP contribution < -0.4 is 10.6 Å². The van der Waals surface area contributed by atoms with E-state index in [1.165, 1.54) is 17.3 Å². The maximum Gasteiger partial charge on any atom is 0.271 e. The summed E-state index contributed by atoms with van der Waals surface area (Å²) in [6.45, 7) is 4.32. The van der Waals surface area contributed by atoms with Crippen molar-refractivity contribution in [3.63, 3.8) is 0 Å². The van der Waals surface area contributed by atoms with E-state index in [1.54, 1.807) is 6.20 Å². The summed E-state index contributed by atoms with van der Waals surface area (Å²) in [5.41, 5.74) is 2.77. The van der Waals surface area contributed by atoms with Gasteiger partial charge in [0.1, 0.15) is 11.5 Å². The normalized spacial score (nSPS) is 10.7. The lowest BCUT2D eigenvalue weighted by atomic mass is 10.1. The van der Waals surface area contributed by atoms with Crippen LogP contribution in [0.15, 0.2) is 36.7 Å². The monoisotopic (exact) mass is 327 g/mol. The molecule has 0 atom stereocenters. The molecule has 0 aliphatic heterocycles. The van der Waals surface area contributed by atoms with E-state index in [0.717, 1.165) is 13.0 Å². The molecule has 1 amide bonds. The number of hydrogen-bond donors (Lipinski definition) is 2. The number of rotatable bonds is 8.